The maximum Gasteiger partial charge on any atom is 0.0524 e. The number of nitrogens with two attached hydrogens (primary N) is 1. The Bertz CT molecular complexity index is 326. The smallest absolute Gasteiger partial charge is 0.0524 e. The van der Waals surface area contributed by atoms with Crippen molar-refractivity contribution in [3.63, 3.8) is 0 Å². The summed E-state index contributed by atoms with van der Waals surface area (Å²) in [6, 6.07) is 7.98. The minimum absolute atomic E-state index is 0.234. The molecule has 0 bridgehead atoms. The van der Waals surface area contributed by atoms with E-state index in [1.165, 1.54) is 5.56 Å². The highest BCUT2D eigenvalue weighted by atomic mass is 16.3. The number of nitrogen functional groups attached to an aromatic ring is 1. The quantitative estimate of drug-likeness (QED) is 0.714. The fourth-order valence-corrected chi connectivity index (χ4v) is 1.87. The minimum atomic E-state index is -0.234. The second-order valence-corrected chi connectivity index (χ2v) is 4.61. The van der Waals surface area contributed by atoms with Crippen molar-refractivity contribution in [2.45, 2.75) is 39.3 Å². The van der Waals surface area contributed by atoms with Crippen LogP contribution in [0.5, 0.6) is 0 Å². The van der Waals surface area contributed by atoms with Gasteiger partial charge in [-0.1, -0.05) is 25.1 Å². The summed E-state index contributed by atoms with van der Waals surface area (Å²) in [7, 11) is 0. The molecule has 0 amide bonds. The number of hydrogen-bond donors (Lipinski definition) is 2. The third kappa shape index (κ3) is 5.20. The zero-order valence-corrected chi connectivity index (χ0v) is 10.9. The fraction of sp³-hybridized carbons (Fsp3) is 0.571. The molecule has 1 rings (SSSR count). The van der Waals surface area contributed by atoms with Gasteiger partial charge in [0.25, 0.3) is 0 Å². The largest absolute Gasteiger partial charge is 0.398 e. The zero-order chi connectivity index (χ0) is 12.7. The Balaban J connectivity index is 2.56. The lowest BCUT2D eigenvalue weighted by atomic mass is 10.1. The van der Waals surface area contributed by atoms with Crippen LogP contribution in [0.1, 0.15) is 32.3 Å². The van der Waals surface area contributed by atoms with Crippen molar-refractivity contribution >= 4 is 5.69 Å². The van der Waals surface area contributed by atoms with Gasteiger partial charge in [0.05, 0.1) is 6.10 Å². The van der Waals surface area contributed by atoms with Gasteiger partial charge < -0.3 is 10.8 Å². The summed E-state index contributed by atoms with van der Waals surface area (Å²) in [5.74, 6) is 0. The molecule has 0 heterocycles. The molecule has 0 saturated heterocycles. The maximum absolute atomic E-state index is 9.34. The number of nitrogens with zero attached hydrogens (tertiary/aromatic N) is 1. The molecule has 3 N–H and O–H groups in total. The second-order valence-electron chi connectivity index (χ2n) is 4.61. The van der Waals surface area contributed by atoms with Gasteiger partial charge in [0, 0.05) is 18.8 Å². The molecule has 1 unspecified atom stereocenters. The van der Waals surface area contributed by atoms with Gasteiger partial charge >= 0.3 is 0 Å². The van der Waals surface area contributed by atoms with Gasteiger partial charge in [-0.3, -0.25) is 4.90 Å². The van der Waals surface area contributed by atoms with Crippen LogP contribution in [-0.4, -0.2) is 29.2 Å². The van der Waals surface area contributed by atoms with Gasteiger partial charge in [-0.15, -0.1) is 0 Å². The predicted octanol–water partition coefficient (Wildman–Crippen LogP) is 2.25. The highest BCUT2D eigenvalue weighted by Gasteiger charge is 2.08. The third-order valence-electron chi connectivity index (χ3n) is 2.85. The van der Waals surface area contributed by atoms with Crippen molar-refractivity contribution in [1.82, 2.24) is 4.90 Å². The SMILES string of the molecule is CCCN(CCC(C)O)Cc1ccccc1N. The summed E-state index contributed by atoms with van der Waals surface area (Å²) in [5.41, 5.74) is 7.97. The predicted molar refractivity (Wildman–Crippen MR) is 72.7 cm³/mol. The molecular weight excluding hydrogens is 212 g/mol. The van der Waals surface area contributed by atoms with Crippen LogP contribution in [0.25, 0.3) is 0 Å². The van der Waals surface area contributed by atoms with Gasteiger partial charge in [0.2, 0.25) is 0 Å². The topological polar surface area (TPSA) is 49.5 Å². The lowest BCUT2D eigenvalue weighted by molar-refractivity contribution is 0.153. The van der Waals surface area contributed by atoms with E-state index in [-0.39, 0.29) is 6.10 Å². The standard InChI is InChI=1S/C14H24N2O/c1-3-9-16(10-8-12(2)17)11-13-6-4-5-7-14(13)15/h4-7,12,17H,3,8-11,15H2,1-2H3. The Labute approximate surface area is 104 Å². The van der Waals surface area contributed by atoms with Crippen LogP contribution in [-0.2, 0) is 6.54 Å². The normalized spacial score (nSPS) is 12.9. The number of rotatable bonds is 7. The number of anilines is 1. The fourth-order valence-electron chi connectivity index (χ4n) is 1.87. The molecule has 0 fully saturated rings. The lowest BCUT2D eigenvalue weighted by Gasteiger charge is -2.23. The second kappa shape index (κ2) is 7.30. The van der Waals surface area contributed by atoms with Gasteiger partial charge in [-0.2, -0.15) is 0 Å². The first kappa shape index (κ1) is 14.0. The molecule has 1 atom stereocenters. The summed E-state index contributed by atoms with van der Waals surface area (Å²) < 4.78 is 0. The molecule has 0 saturated carbocycles. The van der Waals surface area contributed by atoms with Crippen molar-refractivity contribution in [2.75, 3.05) is 18.8 Å². The summed E-state index contributed by atoms with van der Waals surface area (Å²) in [6.45, 7) is 6.83. The molecule has 3 nitrogen and oxygen atoms in total. The summed E-state index contributed by atoms with van der Waals surface area (Å²) >= 11 is 0. The number of aliphatic hydroxyl groups excluding tert-OH is 1. The average Bonchev–Trinajstić information content (AvgIpc) is 2.29. The van der Waals surface area contributed by atoms with E-state index in [9.17, 15) is 5.11 Å². The molecule has 0 aliphatic carbocycles. The van der Waals surface area contributed by atoms with Crippen molar-refractivity contribution < 1.29 is 5.11 Å². The van der Waals surface area contributed by atoms with E-state index >= 15 is 0 Å². The minimum Gasteiger partial charge on any atom is -0.398 e. The first-order chi connectivity index (χ1) is 8.13. The van der Waals surface area contributed by atoms with E-state index in [4.69, 9.17) is 5.73 Å². The Morgan fingerprint density at radius 2 is 2.00 bits per heavy atom. The molecule has 0 radical (unpaired) electrons. The number of hydrogen-bond acceptors (Lipinski definition) is 3. The summed E-state index contributed by atoms with van der Waals surface area (Å²) in [5, 5.41) is 9.34. The van der Waals surface area contributed by atoms with Gasteiger partial charge in [-0.25, -0.2) is 0 Å². The van der Waals surface area contributed by atoms with E-state index in [2.05, 4.69) is 17.9 Å². The van der Waals surface area contributed by atoms with E-state index in [0.717, 1.165) is 38.2 Å². The van der Waals surface area contributed by atoms with E-state index in [0.29, 0.717) is 0 Å². The van der Waals surface area contributed by atoms with Crippen LogP contribution in [0.3, 0.4) is 0 Å². The van der Waals surface area contributed by atoms with Crippen molar-refractivity contribution in [3.05, 3.63) is 29.8 Å². The molecule has 1 aromatic carbocycles. The monoisotopic (exact) mass is 236 g/mol. The van der Waals surface area contributed by atoms with Crippen LogP contribution in [0.2, 0.25) is 0 Å². The summed E-state index contributed by atoms with van der Waals surface area (Å²) in [6.07, 6.45) is 1.70. The Kier molecular flexibility index (Phi) is 6.01. The van der Waals surface area contributed by atoms with Crippen LogP contribution >= 0.6 is 0 Å². The van der Waals surface area contributed by atoms with E-state index in [1.54, 1.807) is 0 Å². The Morgan fingerprint density at radius 3 is 2.59 bits per heavy atom. The van der Waals surface area contributed by atoms with Crippen molar-refractivity contribution in [1.29, 1.82) is 0 Å². The molecule has 0 aliphatic heterocycles. The van der Waals surface area contributed by atoms with Gasteiger partial charge in [0.15, 0.2) is 0 Å². The molecule has 0 aliphatic rings. The van der Waals surface area contributed by atoms with E-state index in [1.807, 2.05) is 25.1 Å². The number of para-hydroxylation sites is 1. The zero-order valence-electron chi connectivity index (χ0n) is 10.9. The highest BCUT2D eigenvalue weighted by Crippen LogP contribution is 2.14. The lowest BCUT2D eigenvalue weighted by Crippen LogP contribution is -2.27. The van der Waals surface area contributed by atoms with Gasteiger partial charge in [-0.05, 0) is 37.9 Å². The molecule has 0 spiro atoms. The summed E-state index contributed by atoms with van der Waals surface area (Å²) in [4.78, 5) is 2.35. The van der Waals surface area contributed by atoms with Crippen molar-refractivity contribution in [3.8, 4) is 0 Å². The molecular formula is C14H24N2O. The first-order valence-corrected chi connectivity index (χ1v) is 6.37. The molecule has 1 aromatic rings. The van der Waals surface area contributed by atoms with Crippen LogP contribution in [0.4, 0.5) is 5.69 Å². The molecule has 96 valence electrons. The Hall–Kier alpha value is -1.06. The maximum atomic E-state index is 9.34. The third-order valence-corrected chi connectivity index (χ3v) is 2.85. The molecule has 0 aromatic heterocycles. The van der Waals surface area contributed by atoms with Crippen LogP contribution in [0, 0.1) is 0 Å². The molecule has 17 heavy (non-hydrogen) atoms. The average molecular weight is 236 g/mol. The first-order valence-electron chi connectivity index (χ1n) is 6.37. The van der Waals surface area contributed by atoms with Crippen LogP contribution < -0.4 is 5.73 Å². The van der Waals surface area contributed by atoms with Gasteiger partial charge in [0.1, 0.15) is 0 Å². The molecule has 3 heteroatoms. The highest BCUT2D eigenvalue weighted by molar-refractivity contribution is 5.46. The van der Waals surface area contributed by atoms with Crippen LogP contribution in [0.15, 0.2) is 24.3 Å². The van der Waals surface area contributed by atoms with E-state index < -0.39 is 0 Å². The Morgan fingerprint density at radius 1 is 1.29 bits per heavy atom. The van der Waals surface area contributed by atoms with Crippen molar-refractivity contribution in [2.24, 2.45) is 0 Å². The number of benzene rings is 1. The number of aliphatic hydroxyl groups is 1.